The molecule has 0 fully saturated rings. The third-order valence-corrected chi connectivity index (χ3v) is 4.02. The fraction of sp³-hybridized carbons (Fsp3) is 0.467. The quantitative estimate of drug-likeness (QED) is 0.658. The summed E-state index contributed by atoms with van der Waals surface area (Å²) in [7, 11) is 0. The normalized spacial score (nSPS) is 18.2. The Morgan fingerprint density at radius 1 is 1.42 bits per heavy atom. The van der Waals surface area contributed by atoms with Gasteiger partial charge in [0.15, 0.2) is 0 Å². The van der Waals surface area contributed by atoms with Gasteiger partial charge in [0.2, 0.25) is 0 Å². The lowest BCUT2D eigenvalue weighted by Crippen LogP contribution is -2.31. The van der Waals surface area contributed by atoms with Crippen LogP contribution in [-0.2, 0) is 0 Å². The molecule has 1 heterocycles. The van der Waals surface area contributed by atoms with E-state index >= 15 is 0 Å². The molecule has 3 nitrogen and oxygen atoms in total. The molecule has 1 aliphatic rings. The van der Waals surface area contributed by atoms with E-state index in [1.807, 2.05) is 12.1 Å². The summed E-state index contributed by atoms with van der Waals surface area (Å²) in [6, 6.07) is 5.53. The van der Waals surface area contributed by atoms with E-state index in [1.165, 1.54) is 12.0 Å². The zero-order valence-electron chi connectivity index (χ0n) is 11.4. The van der Waals surface area contributed by atoms with Gasteiger partial charge in [-0.05, 0) is 31.0 Å². The smallest absolute Gasteiger partial charge is 0.0639 e. The van der Waals surface area contributed by atoms with Gasteiger partial charge in [-0.2, -0.15) is 0 Å². The zero-order chi connectivity index (χ0) is 13.8. The minimum absolute atomic E-state index is 0.137. The van der Waals surface area contributed by atoms with Gasteiger partial charge in [0.1, 0.15) is 0 Å². The van der Waals surface area contributed by atoms with E-state index in [0.717, 1.165) is 31.6 Å². The van der Waals surface area contributed by atoms with Crippen molar-refractivity contribution in [1.29, 1.82) is 0 Å². The average molecular weight is 280 g/mol. The van der Waals surface area contributed by atoms with Crippen molar-refractivity contribution in [3.05, 3.63) is 40.4 Å². The Bertz CT molecular complexity index is 470. The number of nitrogens with zero attached hydrogens (tertiary/aromatic N) is 1. The maximum atomic E-state index is 6.33. The summed E-state index contributed by atoms with van der Waals surface area (Å²) in [5, 5.41) is 0.581. The molecule has 0 bridgehead atoms. The van der Waals surface area contributed by atoms with E-state index in [2.05, 4.69) is 17.9 Å². The number of para-hydroxylation sites is 1. The van der Waals surface area contributed by atoms with E-state index < -0.39 is 0 Å². The zero-order valence-corrected chi connectivity index (χ0v) is 12.2. The Hall–Kier alpha value is -1.03. The number of halogens is 1. The van der Waals surface area contributed by atoms with Crippen LogP contribution in [0.3, 0.4) is 0 Å². The highest BCUT2D eigenvalue weighted by atomic mass is 35.5. The third kappa shape index (κ3) is 3.30. The van der Waals surface area contributed by atoms with Gasteiger partial charge in [-0.3, -0.25) is 4.90 Å². The Labute approximate surface area is 120 Å². The van der Waals surface area contributed by atoms with Gasteiger partial charge in [-0.1, -0.05) is 42.3 Å². The molecule has 4 N–H and O–H groups in total. The van der Waals surface area contributed by atoms with Gasteiger partial charge >= 0.3 is 0 Å². The summed E-state index contributed by atoms with van der Waals surface area (Å²) in [6.45, 7) is 5.42. The molecule has 2 rings (SSSR count). The molecule has 1 atom stereocenters. The highest BCUT2D eigenvalue weighted by Crippen LogP contribution is 2.32. The standard InChI is InChI=1S/C15H22ClN3/c1-2-8-19-9-6-11(7-10-19)14(17)12-4-3-5-13(16)15(12)18/h3-6,14H,2,7-10,17-18H2,1H3. The van der Waals surface area contributed by atoms with Gasteiger partial charge in [0, 0.05) is 13.1 Å². The van der Waals surface area contributed by atoms with Crippen molar-refractivity contribution in [2.24, 2.45) is 5.73 Å². The van der Waals surface area contributed by atoms with Gasteiger partial charge in [-0.25, -0.2) is 0 Å². The lowest BCUT2D eigenvalue weighted by Gasteiger charge is -2.28. The van der Waals surface area contributed by atoms with Crippen LogP contribution in [0.25, 0.3) is 0 Å². The van der Waals surface area contributed by atoms with E-state index in [1.54, 1.807) is 6.07 Å². The first-order valence-corrected chi connectivity index (χ1v) is 7.22. The lowest BCUT2D eigenvalue weighted by atomic mass is 9.93. The van der Waals surface area contributed by atoms with Crippen molar-refractivity contribution in [3.63, 3.8) is 0 Å². The van der Waals surface area contributed by atoms with Crippen molar-refractivity contribution >= 4 is 17.3 Å². The molecule has 0 aliphatic carbocycles. The summed E-state index contributed by atoms with van der Waals surface area (Å²) in [5.74, 6) is 0. The van der Waals surface area contributed by atoms with Crippen LogP contribution in [0.5, 0.6) is 0 Å². The van der Waals surface area contributed by atoms with Crippen LogP contribution in [-0.4, -0.2) is 24.5 Å². The van der Waals surface area contributed by atoms with Crippen LogP contribution in [0.2, 0.25) is 5.02 Å². The average Bonchev–Trinajstić information content (AvgIpc) is 2.42. The molecule has 0 saturated heterocycles. The highest BCUT2D eigenvalue weighted by Gasteiger charge is 2.19. The van der Waals surface area contributed by atoms with Crippen LogP contribution >= 0.6 is 11.6 Å². The fourth-order valence-corrected chi connectivity index (χ4v) is 2.74. The predicted molar refractivity (Wildman–Crippen MR) is 82.2 cm³/mol. The molecule has 0 aromatic heterocycles. The Kier molecular flexibility index (Phi) is 4.86. The minimum Gasteiger partial charge on any atom is -0.397 e. The minimum atomic E-state index is -0.137. The first-order valence-electron chi connectivity index (χ1n) is 6.84. The second kappa shape index (κ2) is 6.42. The number of anilines is 1. The Morgan fingerprint density at radius 3 is 2.84 bits per heavy atom. The topological polar surface area (TPSA) is 55.3 Å². The summed E-state index contributed by atoms with van der Waals surface area (Å²) in [6.07, 6.45) is 4.44. The van der Waals surface area contributed by atoms with E-state index in [4.69, 9.17) is 23.1 Å². The predicted octanol–water partition coefficient (Wildman–Crippen LogP) is 2.96. The molecule has 0 spiro atoms. The molecule has 4 heteroatoms. The number of nitrogens with two attached hydrogens (primary N) is 2. The molecule has 1 aromatic rings. The van der Waals surface area contributed by atoms with Crippen LogP contribution in [0.1, 0.15) is 31.4 Å². The first kappa shape index (κ1) is 14.4. The van der Waals surface area contributed by atoms with Gasteiger partial charge in [0.05, 0.1) is 16.8 Å². The third-order valence-electron chi connectivity index (χ3n) is 3.69. The summed E-state index contributed by atoms with van der Waals surface area (Å²) in [4.78, 5) is 2.44. The van der Waals surface area contributed by atoms with E-state index in [0.29, 0.717) is 10.7 Å². The number of hydrogen-bond donors (Lipinski definition) is 2. The van der Waals surface area contributed by atoms with Crippen molar-refractivity contribution in [2.75, 3.05) is 25.4 Å². The lowest BCUT2D eigenvalue weighted by molar-refractivity contribution is 0.291. The second-order valence-corrected chi connectivity index (χ2v) is 5.46. The van der Waals surface area contributed by atoms with Crippen LogP contribution in [0.15, 0.2) is 29.8 Å². The number of nitrogen functional groups attached to an aromatic ring is 1. The highest BCUT2D eigenvalue weighted by molar-refractivity contribution is 6.33. The van der Waals surface area contributed by atoms with Crippen molar-refractivity contribution in [3.8, 4) is 0 Å². The Balaban J connectivity index is 2.12. The number of benzene rings is 1. The van der Waals surface area contributed by atoms with Gasteiger partial charge in [0.25, 0.3) is 0 Å². The molecule has 0 saturated carbocycles. The summed E-state index contributed by atoms with van der Waals surface area (Å²) >= 11 is 6.05. The van der Waals surface area contributed by atoms with Crippen molar-refractivity contribution < 1.29 is 0 Å². The van der Waals surface area contributed by atoms with Crippen LogP contribution in [0.4, 0.5) is 5.69 Å². The summed E-state index contributed by atoms with van der Waals surface area (Å²) < 4.78 is 0. The molecule has 1 unspecified atom stereocenters. The molecule has 1 aromatic carbocycles. The molecule has 19 heavy (non-hydrogen) atoms. The van der Waals surface area contributed by atoms with Crippen LogP contribution < -0.4 is 11.5 Å². The molecule has 1 aliphatic heterocycles. The molecule has 0 amide bonds. The Morgan fingerprint density at radius 2 is 2.21 bits per heavy atom. The molecular formula is C15H22ClN3. The molecular weight excluding hydrogens is 258 g/mol. The van der Waals surface area contributed by atoms with Crippen LogP contribution in [0, 0.1) is 0 Å². The maximum absolute atomic E-state index is 6.33. The van der Waals surface area contributed by atoms with Crippen molar-refractivity contribution in [1.82, 2.24) is 4.90 Å². The number of hydrogen-bond acceptors (Lipinski definition) is 3. The maximum Gasteiger partial charge on any atom is 0.0639 e. The van der Waals surface area contributed by atoms with Crippen molar-refractivity contribution in [2.45, 2.75) is 25.8 Å². The fourth-order valence-electron chi connectivity index (χ4n) is 2.55. The molecule has 0 radical (unpaired) electrons. The first-order chi connectivity index (χ1) is 9.13. The monoisotopic (exact) mass is 279 g/mol. The SMILES string of the molecule is CCCN1CC=C(C(N)c2cccc(Cl)c2N)CC1. The van der Waals surface area contributed by atoms with E-state index in [-0.39, 0.29) is 6.04 Å². The van der Waals surface area contributed by atoms with Gasteiger partial charge in [-0.15, -0.1) is 0 Å². The van der Waals surface area contributed by atoms with E-state index in [9.17, 15) is 0 Å². The summed E-state index contributed by atoms with van der Waals surface area (Å²) in [5.41, 5.74) is 15.2. The second-order valence-electron chi connectivity index (χ2n) is 5.05. The number of rotatable bonds is 4. The van der Waals surface area contributed by atoms with Gasteiger partial charge < -0.3 is 11.5 Å². The molecule has 104 valence electrons. The largest absolute Gasteiger partial charge is 0.397 e.